The molecule has 8 nitrogen and oxygen atoms in total. The molecule has 0 bridgehead atoms. The number of carboxylic acid groups (broad SMARTS) is 1. The Bertz CT molecular complexity index is 367. The third-order valence-corrected chi connectivity index (χ3v) is 2.12. The van der Waals surface area contributed by atoms with Gasteiger partial charge in [0.1, 0.15) is 6.26 Å². The summed E-state index contributed by atoms with van der Waals surface area (Å²) in [5.41, 5.74) is 5.08. The van der Waals surface area contributed by atoms with Crippen LogP contribution in [-0.4, -0.2) is 47.4 Å². The van der Waals surface area contributed by atoms with Gasteiger partial charge in [0.25, 0.3) is 12.4 Å². The number of nitrogens with zero attached hydrogens (tertiary/aromatic N) is 1. The maximum Gasteiger partial charge on any atom is 0.290 e. The minimum atomic E-state index is -0.416. The van der Waals surface area contributed by atoms with Crippen molar-refractivity contribution in [2.45, 2.75) is 13.0 Å². The summed E-state index contributed by atoms with van der Waals surface area (Å²) < 4.78 is 4.84. The van der Waals surface area contributed by atoms with Gasteiger partial charge in [-0.2, -0.15) is 0 Å². The Hall–Kier alpha value is -2.35. The first-order valence-electron chi connectivity index (χ1n) is 5.42. The zero-order valence-electron chi connectivity index (χ0n) is 10.5. The average Bonchev–Trinajstić information content (AvgIpc) is 2.55. The molecule has 1 aliphatic heterocycles. The van der Waals surface area contributed by atoms with Gasteiger partial charge in [-0.15, -0.1) is 0 Å². The van der Waals surface area contributed by atoms with E-state index in [1.807, 2.05) is 0 Å². The van der Waals surface area contributed by atoms with Gasteiger partial charge in [-0.1, -0.05) is 0 Å². The van der Waals surface area contributed by atoms with Gasteiger partial charge in [0.2, 0.25) is 5.91 Å². The number of hydrogen-bond acceptors (Lipinski definition) is 5. The molecular formula is C11H17N3O5. The molecule has 0 aliphatic carbocycles. The number of amides is 2. The minimum Gasteiger partial charge on any atom is -0.483 e. The Kier molecular flexibility index (Phi) is 8.46. The van der Waals surface area contributed by atoms with E-state index in [-0.39, 0.29) is 12.4 Å². The molecule has 0 saturated carbocycles. The Morgan fingerprint density at radius 2 is 2.26 bits per heavy atom. The quantitative estimate of drug-likeness (QED) is 0.551. The first kappa shape index (κ1) is 16.6. The van der Waals surface area contributed by atoms with Crippen molar-refractivity contribution in [2.75, 3.05) is 13.1 Å². The molecule has 1 rings (SSSR count). The Balaban J connectivity index is 0.000000982. The second kappa shape index (κ2) is 9.66. The number of carbonyl (C=O) groups excluding carboxylic acids is 2. The molecule has 19 heavy (non-hydrogen) atoms. The van der Waals surface area contributed by atoms with Gasteiger partial charge in [0, 0.05) is 25.4 Å². The van der Waals surface area contributed by atoms with Crippen molar-refractivity contribution in [3.8, 4) is 0 Å². The molecule has 0 aromatic carbocycles. The van der Waals surface area contributed by atoms with Crippen LogP contribution in [0.3, 0.4) is 0 Å². The molecule has 2 amide bonds. The van der Waals surface area contributed by atoms with E-state index in [4.69, 9.17) is 20.4 Å². The predicted molar refractivity (Wildman–Crippen MR) is 66.4 cm³/mol. The molecule has 106 valence electrons. The monoisotopic (exact) mass is 271 g/mol. The van der Waals surface area contributed by atoms with Crippen LogP contribution in [0, 0.1) is 0 Å². The first-order valence-corrected chi connectivity index (χ1v) is 5.42. The van der Waals surface area contributed by atoms with Gasteiger partial charge in [-0.05, 0) is 6.92 Å². The number of nitrogens with one attached hydrogen (secondary N) is 1. The number of primary amides is 1. The fraction of sp³-hybridized carbons (Fsp3) is 0.364. The van der Waals surface area contributed by atoms with Crippen LogP contribution < -0.4 is 11.1 Å². The van der Waals surface area contributed by atoms with E-state index >= 15 is 0 Å². The van der Waals surface area contributed by atoms with E-state index in [9.17, 15) is 9.59 Å². The van der Waals surface area contributed by atoms with Crippen LogP contribution in [0.1, 0.15) is 6.92 Å². The molecule has 0 fully saturated rings. The van der Waals surface area contributed by atoms with Crippen molar-refractivity contribution in [3.05, 3.63) is 24.8 Å². The molecule has 0 spiro atoms. The van der Waals surface area contributed by atoms with Crippen molar-refractivity contribution in [2.24, 2.45) is 5.73 Å². The Morgan fingerprint density at radius 3 is 2.84 bits per heavy atom. The highest BCUT2D eigenvalue weighted by Gasteiger charge is 2.11. The molecule has 1 aliphatic rings. The van der Waals surface area contributed by atoms with Crippen LogP contribution in [0.5, 0.6) is 0 Å². The van der Waals surface area contributed by atoms with Crippen LogP contribution >= 0.6 is 0 Å². The lowest BCUT2D eigenvalue weighted by molar-refractivity contribution is -0.124. The van der Waals surface area contributed by atoms with Crippen molar-refractivity contribution < 1.29 is 24.2 Å². The van der Waals surface area contributed by atoms with Crippen molar-refractivity contribution in [1.82, 2.24) is 10.2 Å². The smallest absolute Gasteiger partial charge is 0.290 e. The zero-order chi connectivity index (χ0) is 14.7. The number of nitrogens with two attached hydrogens (primary N) is 1. The summed E-state index contributed by atoms with van der Waals surface area (Å²) in [6, 6.07) is -0.405. The number of hydrogen-bond donors (Lipinski definition) is 3. The topological polar surface area (TPSA) is 122 Å². The maximum absolute atomic E-state index is 11.4. The fourth-order valence-electron chi connectivity index (χ4n) is 1.11. The molecule has 0 unspecified atom stereocenters. The summed E-state index contributed by atoms with van der Waals surface area (Å²) in [5, 5.41) is 9.79. The van der Waals surface area contributed by atoms with Crippen molar-refractivity contribution >= 4 is 18.3 Å². The summed E-state index contributed by atoms with van der Waals surface area (Å²) in [7, 11) is 0. The lowest BCUT2D eigenvalue weighted by Crippen LogP contribution is -2.42. The van der Waals surface area contributed by atoms with E-state index in [1.165, 1.54) is 23.5 Å². The minimum absolute atomic E-state index is 0.165. The van der Waals surface area contributed by atoms with E-state index in [2.05, 4.69) is 5.32 Å². The van der Waals surface area contributed by atoms with Crippen LogP contribution in [-0.2, 0) is 19.1 Å². The summed E-state index contributed by atoms with van der Waals surface area (Å²) in [5.74, 6) is -0.580. The zero-order valence-corrected chi connectivity index (χ0v) is 10.5. The van der Waals surface area contributed by atoms with Gasteiger partial charge >= 0.3 is 0 Å². The van der Waals surface area contributed by atoms with Crippen molar-refractivity contribution in [3.63, 3.8) is 0 Å². The third kappa shape index (κ3) is 7.55. The van der Waals surface area contributed by atoms with E-state index < -0.39 is 11.9 Å². The van der Waals surface area contributed by atoms with Gasteiger partial charge in [-0.25, -0.2) is 0 Å². The molecule has 0 aromatic rings. The van der Waals surface area contributed by atoms with Gasteiger partial charge in [0.15, 0.2) is 0 Å². The third-order valence-electron chi connectivity index (χ3n) is 2.12. The SMILES string of the molecule is C[C@H](NCCN1C=COC=CC1=O)C(N)=O.O=CO. The predicted octanol–water partition coefficient (Wildman–Crippen LogP) is -1.01. The Labute approximate surface area is 110 Å². The molecule has 0 saturated heterocycles. The van der Waals surface area contributed by atoms with Crippen LogP contribution in [0.4, 0.5) is 0 Å². The van der Waals surface area contributed by atoms with Crippen LogP contribution in [0.2, 0.25) is 0 Å². The van der Waals surface area contributed by atoms with Gasteiger partial charge < -0.3 is 25.8 Å². The van der Waals surface area contributed by atoms with Crippen LogP contribution in [0.25, 0.3) is 0 Å². The standard InChI is InChI=1S/C10H15N3O3.CH2O2/c1-8(10(11)15)12-3-4-13-5-7-16-6-2-9(13)14;2-1-3/h2,5-8,12H,3-4H2,1H3,(H2,11,15);1H,(H,2,3)/t8-;/m0./s1. The molecular weight excluding hydrogens is 254 g/mol. The molecule has 0 radical (unpaired) electrons. The lowest BCUT2D eigenvalue weighted by Gasteiger charge is -2.16. The molecule has 8 heteroatoms. The normalized spacial score (nSPS) is 14.8. The first-order chi connectivity index (χ1) is 9.02. The molecule has 1 atom stereocenters. The summed E-state index contributed by atoms with van der Waals surface area (Å²) in [6.45, 7) is 2.35. The molecule has 4 N–H and O–H groups in total. The lowest BCUT2D eigenvalue weighted by atomic mass is 10.3. The van der Waals surface area contributed by atoms with Gasteiger partial charge in [-0.3, -0.25) is 14.4 Å². The van der Waals surface area contributed by atoms with E-state index in [0.717, 1.165) is 0 Å². The van der Waals surface area contributed by atoms with E-state index in [0.29, 0.717) is 13.1 Å². The Morgan fingerprint density at radius 1 is 1.63 bits per heavy atom. The highest BCUT2D eigenvalue weighted by molar-refractivity contribution is 5.88. The second-order valence-electron chi connectivity index (χ2n) is 3.44. The van der Waals surface area contributed by atoms with Gasteiger partial charge in [0.05, 0.1) is 12.3 Å². The fourth-order valence-corrected chi connectivity index (χ4v) is 1.11. The van der Waals surface area contributed by atoms with Crippen LogP contribution in [0.15, 0.2) is 24.8 Å². The highest BCUT2D eigenvalue weighted by atomic mass is 16.5. The summed E-state index contributed by atoms with van der Waals surface area (Å²) in [6.07, 6.45) is 5.60. The highest BCUT2D eigenvalue weighted by Crippen LogP contribution is 1.98. The largest absolute Gasteiger partial charge is 0.483 e. The summed E-state index contributed by atoms with van der Waals surface area (Å²) >= 11 is 0. The van der Waals surface area contributed by atoms with Crippen molar-refractivity contribution in [1.29, 1.82) is 0 Å². The number of ether oxygens (including phenoxy) is 1. The number of rotatable bonds is 5. The molecule has 0 aromatic heterocycles. The summed E-state index contributed by atoms with van der Waals surface area (Å²) in [4.78, 5) is 32.0. The molecule has 1 heterocycles. The maximum atomic E-state index is 11.4. The number of carbonyl (C=O) groups is 3. The van der Waals surface area contributed by atoms with E-state index in [1.54, 1.807) is 13.1 Å². The second-order valence-corrected chi connectivity index (χ2v) is 3.44. The average molecular weight is 271 g/mol.